The van der Waals surface area contributed by atoms with Crippen molar-refractivity contribution in [1.29, 1.82) is 0 Å². The Morgan fingerprint density at radius 2 is 1.87 bits per heavy atom. The van der Waals surface area contributed by atoms with Crippen LogP contribution < -0.4 is 13.2 Å². The first-order chi connectivity index (χ1) is 14.4. The number of alkyl halides is 3. The van der Waals surface area contributed by atoms with Crippen LogP contribution in [-0.4, -0.2) is 26.6 Å². The van der Waals surface area contributed by atoms with Crippen molar-refractivity contribution in [2.75, 3.05) is 16.6 Å². The number of amides is 2. The van der Waals surface area contributed by atoms with Gasteiger partial charge in [-0.1, -0.05) is 0 Å². The molecule has 0 saturated heterocycles. The number of rotatable bonds is 4. The molecule has 0 saturated carbocycles. The SMILES string of the molecule is CN1C(=O)I(NC(=O)c2cc(C(F)(F)c3ccccc3)on2)COc2ccccc21. The van der Waals surface area contributed by atoms with E-state index in [2.05, 4.69) is 8.69 Å². The molecule has 1 aliphatic rings. The summed E-state index contributed by atoms with van der Waals surface area (Å²) in [7, 11) is 1.60. The summed E-state index contributed by atoms with van der Waals surface area (Å²) in [5, 5.41) is 3.47. The summed E-state index contributed by atoms with van der Waals surface area (Å²) in [5.74, 6) is -4.42. The van der Waals surface area contributed by atoms with Crippen LogP contribution in [0, 0.1) is 0 Å². The van der Waals surface area contributed by atoms with E-state index in [0.29, 0.717) is 11.4 Å². The van der Waals surface area contributed by atoms with Crippen molar-refractivity contribution in [2.24, 2.45) is 0 Å². The fourth-order valence-electron chi connectivity index (χ4n) is 2.80. The van der Waals surface area contributed by atoms with Gasteiger partial charge < -0.3 is 0 Å². The van der Waals surface area contributed by atoms with Gasteiger partial charge in [-0.2, -0.15) is 0 Å². The molecule has 2 heterocycles. The van der Waals surface area contributed by atoms with Gasteiger partial charge in [0.15, 0.2) is 0 Å². The molecule has 1 N–H and O–H groups in total. The Balaban J connectivity index is 1.51. The van der Waals surface area contributed by atoms with Crippen molar-refractivity contribution in [2.45, 2.75) is 5.92 Å². The zero-order valence-corrected chi connectivity index (χ0v) is 17.8. The van der Waals surface area contributed by atoms with Crippen LogP contribution in [0.25, 0.3) is 0 Å². The molecule has 0 bridgehead atoms. The average molecular weight is 527 g/mol. The molecule has 2 amide bonds. The third-order valence-corrected chi connectivity index (χ3v) is 8.31. The van der Waals surface area contributed by atoms with Crippen LogP contribution in [0.2, 0.25) is 0 Å². The zero-order valence-electron chi connectivity index (χ0n) is 15.6. The zero-order chi connectivity index (χ0) is 21.3. The topological polar surface area (TPSA) is 84.7 Å². The molecule has 156 valence electrons. The number of nitrogens with zero attached hydrogens (tertiary/aromatic N) is 2. The Morgan fingerprint density at radius 3 is 2.63 bits per heavy atom. The normalized spacial score (nSPS) is 15.2. The Morgan fingerprint density at radius 1 is 1.17 bits per heavy atom. The minimum absolute atomic E-state index is 0.0424. The van der Waals surface area contributed by atoms with E-state index in [-0.39, 0.29) is 19.8 Å². The van der Waals surface area contributed by atoms with Crippen molar-refractivity contribution >= 4 is 35.6 Å². The summed E-state index contributed by atoms with van der Waals surface area (Å²) >= 11 is -2.84. The molecule has 30 heavy (non-hydrogen) atoms. The van der Waals surface area contributed by atoms with E-state index in [1.807, 2.05) is 0 Å². The van der Waals surface area contributed by atoms with Gasteiger partial charge in [-0.25, -0.2) is 0 Å². The molecule has 4 rings (SSSR count). The van der Waals surface area contributed by atoms with Gasteiger partial charge in [0.05, 0.1) is 0 Å². The maximum atomic E-state index is 14.6. The number of carbonyl (C=O) groups is 2. The number of hydrogen-bond acceptors (Lipinski definition) is 5. The Hall–Kier alpha value is -3.02. The van der Waals surface area contributed by atoms with Crippen molar-refractivity contribution in [1.82, 2.24) is 8.69 Å². The van der Waals surface area contributed by atoms with Crippen LogP contribution in [0.4, 0.5) is 19.3 Å². The summed E-state index contributed by atoms with van der Waals surface area (Å²) < 4.78 is 42.1. The Labute approximate surface area is 177 Å². The monoisotopic (exact) mass is 527 g/mol. The third kappa shape index (κ3) is 3.74. The first kappa shape index (κ1) is 20.3. The molecule has 0 atom stereocenters. The average Bonchev–Trinajstić information content (AvgIpc) is 3.24. The number of hydrogen-bond donors (Lipinski definition) is 1. The van der Waals surface area contributed by atoms with Crippen LogP contribution in [0.15, 0.2) is 65.2 Å². The molecule has 1 aliphatic heterocycles. The summed E-state index contributed by atoms with van der Waals surface area (Å²) in [6.45, 7) is 0. The molecule has 0 radical (unpaired) electrons. The van der Waals surface area contributed by atoms with Gasteiger partial charge in [0.25, 0.3) is 0 Å². The summed E-state index contributed by atoms with van der Waals surface area (Å²) in [6, 6.07) is 15.0. The number of aromatic nitrogens is 1. The molecular weight excluding hydrogens is 511 g/mol. The van der Waals surface area contributed by atoms with Gasteiger partial charge in [0.2, 0.25) is 0 Å². The number of carbonyl (C=O) groups excluding carboxylic acids is 2. The molecule has 3 aromatic rings. The standard InChI is InChI=1S/C20H16F2IN3O4/c1-26-15-9-5-6-10-16(15)29-12-23(19(26)28)24-18(27)14-11-17(30-25-14)20(21,22)13-7-3-2-4-8-13/h2-11H,12H2,1H3,(H,24,27). The molecule has 0 aliphatic carbocycles. The minimum atomic E-state index is -3.45. The van der Waals surface area contributed by atoms with E-state index in [4.69, 9.17) is 9.26 Å². The Kier molecular flexibility index (Phi) is 5.41. The number of ether oxygens (including phenoxy) is 1. The van der Waals surface area contributed by atoms with Crippen LogP contribution in [-0.2, 0) is 5.92 Å². The van der Waals surface area contributed by atoms with Crippen LogP contribution in [0.1, 0.15) is 21.8 Å². The quantitative estimate of drug-likeness (QED) is 0.177. The molecule has 2 aromatic carbocycles. The molecular formula is C20H16F2IN3O4. The van der Waals surface area contributed by atoms with Crippen molar-refractivity contribution in [3.63, 3.8) is 0 Å². The van der Waals surface area contributed by atoms with Crippen molar-refractivity contribution in [3.05, 3.63) is 77.7 Å². The van der Waals surface area contributed by atoms with E-state index >= 15 is 0 Å². The molecule has 0 unspecified atom stereocenters. The predicted octanol–water partition coefficient (Wildman–Crippen LogP) is 4.57. The van der Waals surface area contributed by atoms with Gasteiger partial charge in [-0.3, -0.25) is 0 Å². The molecule has 0 fully saturated rings. The van der Waals surface area contributed by atoms with Gasteiger partial charge >= 0.3 is 178 Å². The number of benzene rings is 2. The number of para-hydroxylation sites is 2. The maximum absolute atomic E-state index is 14.6. The Bertz CT molecular complexity index is 1090. The fraction of sp³-hybridized carbons (Fsp3) is 0.150. The van der Waals surface area contributed by atoms with E-state index in [1.54, 1.807) is 37.4 Å². The van der Waals surface area contributed by atoms with E-state index < -0.39 is 37.7 Å². The van der Waals surface area contributed by atoms with Gasteiger partial charge in [0, 0.05) is 0 Å². The molecule has 0 spiro atoms. The summed E-state index contributed by atoms with van der Waals surface area (Å²) in [4.78, 5) is 26.8. The third-order valence-electron chi connectivity index (χ3n) is 4.39. The molecule has 10 heteroatoms. The number of halogens is 3. The van der Waals surface area contributed by atoms with Crippen LogP contribution in [0.5, 0.6) is 5.75 Å². The first-order valence-electron chi connectivity index (χ1n) is 8.74. The van der Waals surface area contributed by atoms with E-state index in [1.165, 1.54) is 29.2 Å². The summed E-state index contributed by atoms with van der Waals surface area (Å²) in [6.07, 6.45) is 0. The second-order valence-corrected chi connectivity index (χ2v) is 10.5. The number of fused-ring (bicyclic) bond motifs is 1. The summed E-state index contributed by atoms with van der Waals surface area (Å²) in [5.41, 5.74) is -0.00619. The fourth-order valence-corrected chi connectivity index (χ4v) is 6.10. The van der Waals surface area contributed by atoms with Gasteiger partial charge in [0.1, 0.15) is 0 Å². The molecule has 7 nitrogen and oxygen atoms in total. The second-order valence-electron chi connectivity index (χ2n) is 6.34. The van der Waals surface area contributed by atoms with Crippen molar-refractivity contribution in [3.8, 4) is 5.75 Å². The molecule has 1 aromatic heterocycles. The van der Waals surface area contributed by atoms with Crippen LogP contribution in [0.3, 0.4) is 0 Å². The van der Waals surface area contributed by atoms with E-state index in [0.717, 1.165) is 6.07 Å². The number of anilines is 1. The first-order valence-corrected chi connectivity index (χ1v) is 12.4. The van der Waals surface area contributed by atoms with Gasteiger partial charge in [-0.05, 0) is 0 Å². The van der Waals surface area contributed by atoms with Crippen molar-refractivity contribution < 1.29 is 27.6 Å². The number of nitrogens with one attached hydrogen (secondary N) is 1. The van der Waals surface area contributed by atoms with Crippen LogP contribution >= 0.6 is 20.1 Å². The predicted molar refractivity (Wildman–Crippen MR) is 113 cm³/mol. The second kappa shape index (κ2) is 8.01. The van der Waals surface area contributed by atoms with E-state index in [9.17, 15) is 18.4 Å². The van der Waals surface area contributed by atoms with Gasteiger partial charge in [-0.15, -0.1) is 0 Å².